The fourth-order valence-electron chi connectivity index (χ4n) is 1.73. The van der Waals surface area contributed by atoms with Crippen LogP contribution in [0.4, 0.5) is 0 Å². The van der Waals surface area contributed by atoms with E-state index in [4.69, 9.17) is 4.74 Å². The van der Waals surface area contributed by atoms with Crippen molar-refractivity contribution in [1.82, 2.24) is 0 Å². The van der Waals surface area contributed by atoms with Gasteiger partial charge in [0.1, 0.15) is 11.5 Å². The maximum atomic E-state index is 11.2. The number of ketones is 1. The second-order valence-electron chi connectivity index (χ2n) is 4.22. The highest BCUT2D eigenvalue weighted by Crippen LogP contribution is 2.22. The molecule has 0 amide bonds. The molecule has 1 unspecified atom stereocenters. The predicted octanol–water partition coefficient (Wildman–Crippen LogP) is 3.03. The Bertz CT molecular complexity index is 369. The van der Waals surface area contributed by atoms with Gasteiger partial charge in [0.25, 0.3) is 0 Å². The van der Waals surface area contributed by atoms with Gasteiger partial charge >= 0.3 is 0 Å². The topological polar surface area (TPSA) is 26.3 Å². The van der Waals surface area contributed by atoms with Crippen LogP contribution in [0.5, 0.6) is 5.75 Å². The van der Waals surface area contributed by atoms with E-state index in [9.17, 15) is 4.79 Å². The maximum Gasteiger partial charge on any atom is 0.132 e. The lowest BCUT2D eigenvalue weighted by atomic mass is 9.96. The number of hydrogen-bond acceptors (Lipinski definition) is 2. The van der Waals surface area contributed by atoms with Crippen LogP contribution in [0.2, 0.25) is 0 Å². The van der Waals surface area contributed by atoms with Gasteiger partial charge in [0, 0.05) is 5.92 Å². The Labute approximate surface area is 97.6 Å². The van der Waals surface area contributed by atoms with Crippen molar-refractivity contribution in [2.24, 2.45) is 5.92 Å². The van der Waals surface area contributed by atoms with Crippen molar-refractivity contribution in [3.63, 3.8) is 0 Å². The molecule has 2 heteroatoms. The van der Waals surface area contributed by atoms with E-state index in [0.29, 0.717) is 0 Å². The van der Waals surface area contributed by atoms with E-state index < -0.39 is 0 Å². The van der Waals surface area contributed by atoms with Crippen LogP contribution < -0.4 is 4.74 Å². The maximum absolute atomic E-state index is 11.2. The number of hydrogen-bond donors (Lipinski definition) is 0. The molecule has 0 aromatic heterocycles. The first-order valence-electron chi connectivity index (χ1n) is 5.74. The summed E-state index contributed by atoms with van der Waals surface area (Å²) in [5.74, 6) is 1.27. The lowest BCUT2D eigenvalue weighted by Crippen LogP contribution is -2.09. The third kappa shape index (κ3) is 3.09. The van der Waals surface area contributed by atoms with Gasteiger partial charge in [0.15, 0.2) is 0 Å². The van der Waals surface area contributed by atoms with Gasteiger partial charge in [-0.3, -0.25) is 4.79 Å². The lowest BCUT2D eigenvalue weighted by Gasteiger charge is -2.11. The second-order valence-corrected chi connectivity index (χ2v) is 4.22. The Hall–Kier alpha value is -1.31. The van der Waals surface area contributed by atoms with Crippen LogP contribution in [-0.4, -0.2) is 12.9 Å². The zero-order chi connectivity index (χ0) is 12.1. The highest BCUT2D eigenvalue weighted by Gasteiger charge is 2.10. The molecule has 88 valence electrons. The van der Waals surface area contributed by atoms with E-state index in [1.54, 1.807) is 14.0 Å². The summed E-state index contributed by atoms with van der Waals surface area (Å²) in [5, 5.41) is 0. The number of benzene rings is 1. The summed E-state index contributed by atoms with van der Waals surface area (Å²) in [4.78, 5) is 11.2. The Morgan fingerprint density at radius 1 is 1.44 bits per heavy atom. The van der Waals surface area contributed by atoms with Gasteiger partial charge in [-0.25, -0.2) is 0 Å². The van der Waals surface area contributed by atoms with E-state index in [0.717, 1.165) is 18.6 Å². The molecular weight excluding hydrogens is 200 g/mol. The number of carbonyl (C=O) groups is 1. The number of rotatable bonds is 5. The molecule has 0 fully saturated rings. The van der Waals surface area contributed by atoms with E-state index in [2.05, 4.69) is 13.0 Å². The Morgan fingerprint density at radius 2 is 2.12 bits per heavy atom. The molecule has 0 aliphatic heterocycles. The van der Waals surface area contributed by atoms with Crippen molar-refractivity contribution in [1.29, 1.82) is 0 Å². The molecule has 0 radical (unpaired) electrons. The molecule has 2 nitrogen and oxygen atoms in total. The van der Waals surface area contributed by atoms with E-state index in [-0.39, 0.29) is 11.7 Å². The van der Waals surface area contributed by atoms with Crippen LogP contribution in [0.3, 0.4) is 0 Å². The highest BCUT2D eigenvalue weighted by molar-refractivity contribution is 5.78. The number of aryl methyl sites for hydroxylation is 1. The van der Waals surface area contributed by atoms with Gasteiger partial charge in [-0.15, -0.1) is 0 Å². The standard InChI is InChI=1S/C14H20O2/c1-5-13-9-12(6-7-14(13)16-4)8-10(2)11(3)15/h6-7,9-10H,5,8H2,1-4H3. The van der Waals surface area contributed by atoms with E-state index >= 15 is 0 Å². The van der Waals surface area contributed by atoms with Gasteiger partial charge in [-0.05, 0) is 37.0 Å². The molecule has 0 aliphatic carbocycles. The zero-order valence-electron chi connectivity index (χ0n) is 10.5. The minimum atomic E-state index is 0.0955. The second kappa shape index (κ2) is 5.69. The van der Waals surface area contributed by atoms with Gasteiger partial charge < -0.3 is 4.74 Å². The SMILES string of the molecule is CCc1cc(CC(C)C(C)=O)ccc1OC. The van der Waals surface area contributed by atoms with Crippen LogP contribution in [0.15, 0.2) is 18.2 Å². The van der Waals surface area contributed by atoms with E-state index in [1.807, 2.05) is 19.1 Å². The highest BCUT2D eigenvalue weighted by atomic mass is 16.5. The Balaban J connectivity index is 2.86. The van der Waals surface area contributed by atoms with Crippen LogP contribution in [0.25, 0.3) is 0 Å². The average Bonchev–Trinajstić information content (AvgIpc) is 2.28. The fourth-order valence-corrected chi connectivity index (χ4v) is 1.73. The molecule has 1 atom stereocenters. The van der Waals surface area contributed by atoms with Crippen LogP contribution >= 0.6 is 0 Å². The number of ether oxygens (including phenoxy) is 1. The third-order valence-electron chi connectivity index (χ3n) is 2.96. The predicted molar refractivity (Wildman–Crippen MR) is 65.9 cm³/mol. The summed E-state index contributed by atoms with van der Waals surface area (Å²) >= 11 is 0. The molecule has 0 saturated carbocycles. The fraction of sp³-hybridized carbons (Fsp3) is 0.500. The van der Waals surface area contributed by atoms with Crippen molar-refractivity contribution in [3.8, 4) is 5.75 Å². The quantitative estimate of drug-likeness (QED) is 0.762. The van der Waals surface area contributed by atoms with Crippen molar-refractivity contribution in [2.45, 2.75) is 33.6 Å². The van der Waals surface area contributed by atoms with E-state index in [1.165, 1.54) is 11.1 Å². The first-order valence-corrected chi connectivity index (χ1v) is 5.74. The first kappa shape index (κ1) is 12.8. The molecule has 1 rings (SSSR count). The molecule has 0 heterocycles. The average molecular weight is 220 g/mol. The van der Waals surface area contributed by atoms with Crippen molar-refractivity contribution in [2.75, 3.05) is 7.11 Å². The minimum Gasteiger partial charge on any atom is -0.496 e. The zero-order valence-corrected chi connectivity index (χ0v) is 10.5. The van der Waals surface area contributed by atoms with Crippen LogP contribution in [0.1, 0.15) is 31.9 Å². The Morgan fingerprint density at radius 3 is 2.62 bits per heavy atom. The molecular formula is C14H20O2. The number of carbonyl (C=O) groups excluding carboxylic acids is 1. The first-order chi connectivity index (χ1) is 7.58. The molecule has 1 aromatic carbocycles. The molecule has 0 N–H and O–H groups in total. The summed E-state index contributed by atoms with van der Waals surface area (Å²) in [5.41, 5.74) is 2.41. The largest absolute Gasteiger partial charge is 0.496 e. The van der Waals surface area contributed by atoms with Crippen molar-refractivity contribution >= 4 is 5.78 Å². The summed E-state index contributed by atoms with van der Waals surface area (Å²) in [6.07, 6.45) is 1.76. The van der Waals surface area contributed by atoms with Crippen molar-refractivity contribution < 1.29 is 9.53 Å². The normalized spacial score (nSPS) is 12.2. The lowest BCUT2D eigenvalue weighted by molar-refractivity contribution is -0.120. The van der Waals surface area contributed by atoms with Gasteiger partial charge in [-0.1, -0.05) is 26.0 Å². The Kier molecular flexibility index (Phi) is 4.53. The monoisotopic (exact) mass is 220 g/mol. The molecule has 16 heavy (non-hydrogen) atoms. The molecule has 0 aliphatic rings. The molecule has 0 spiro atoms. The summed E-state index contributed by atoms with van der Waals surface area (Å²) in [6.45, 7) is 5.73. The summed E-state index contributed by atoms with van der Waals surface area (Å²) in [7, 11) is 1.69. The van der Waals surface area contributed by atoms with Gasteiger partial charge in [0.2, 0.25) is 0 Å². The molecule has 0 bridgehead atoms. The van der Waals surface area contributed by atoms with Crippen LogP contribution in [-0.2, 0) is 17.6 Å². The van der Waals surface area contributed by atoms with Gasteiger partial charge in [0.05, 0.1) is 7.11 Å². The smallest absolute Gasteiger partial charge is 0.132 e. The third-order valence-corrected chi connectivity index (χ3v) is 2.96. The molecule has 1 aromatic rings. The minimum absolute atomic E-state index is 0.0955. The summed E-state index contributed by atoms with van der Waals surface area (Å²) < 4.78 is 5.28. The summed E-state index contributed by atoms with van der Waals surface area (Å²) in [6, 6.07) is 6.16. The van der Waals surface area contributed by atoms with Crippen molar-refractivity contribution in [3.05, 3.63) is 29.3 Å². The number of Topliss-reactive ketones (excluding diaryl/α,β-unsaturated/α-hetero) is 1. The van der Waals surface area contributed by atoms with Gasteiger partial charge in [-0.2, -0.15) is 0 Å². The molecule has 0 saturated heterocycles. The van der Waals surface area contributed by atoms with Crippen LogP contribution in [0, 0.1) is 5.92 Å². The number of methoxy groups -OCH3 is 1.